The van der Waals surface area contributed by atoms with Crippen molar-refractivity contribution in [1.82, 2.24) is 10.3 Å². The molecular formula is C15H19N3O2S. The van der Waals surface area contributed by atoms with Crippen molar-refractivity contribution in [1.29, 1.82) is 0 Å². The number of amides is 1. The first kappa shape index (κ1) is 14.3. The number of carbonyl (C=O) groups excluding carboxylic acids is 1. The van der Waals surface area contributed by atoms with Gasteiger partial charge in [-0.1, -0.05) is 11.3 Å². The lowest BCUT2D eigenvalue weighted by Gasteiger charge is -2.20. The number of carbonyl (C=O) groups is 1. The monoisotopic (exact) mass is 305 g/mol. The highest BCUT2D eigenvalue weighted by Gasteiger charge is 2.21. The first-order valence-corrected chi connectivity index (χ1v) is 8.13. The number of hydrogen-bond acceptors (Lipinski definition) is 5. The minimum Gasteiger partial charge on any atom is -0.494 e. The van der Waals surface area contributed by atoms with Gasteiger partial charge in [0.25, 0.3) is 0 Å². The molecule has 0 radical (unpaired) electrons. The Morgan fingerprint density at radius 3 is 3.05 bits per heavy atom. The zero-order chi connectivity index (χ0) is 14.7. The van der Waals surface area contributed by atoms with Crippen molar-refractivity contribution in [2.75, 3.05) is 25.0 Å². The molecule has 5 nitrogen and oxygen atoms in total. The smallest absolute Gasteiger partial charge is 0.229 e. The van der Waals surface area contributed by atoms with Gasteiger partial charge in [0, 0.05) is 5.92 Å². The molecular weight excluding hydrogens is 286 g/mol. The number of rotatable bonds is 4. The minimum absolute atomic E-state index is 0.0839. The Morgan fingerprint density at radius 2 is 2.29 bits per heavy atom. The van der Waals surface area contributed by atoms with Gasteiger partial charge in [-0.3, -0.25) is 4.79 Å². The Morgan fingerprint density at radius 1 is 1.48 bits per heavy atom. The van der Waals surface area contributed by atoms with Gasteiger partial charge in [0.1, 0.15) is 5.75 Å². The lowest BCUT2D eigenvalue weighted by atomic mass is 9.97. The van der Waals surface area contributed by atoms with Gasteiger partial charge < -0.3 is 15.4 Å². The van der Waals surface area contributed by atoms with Crippen molar-refractivity contribution >= 4 is 32.6 Å². The normalized spacial score (nSPS) is 16.0. The predicted molar refractivity (Wildman–Crippen MR) is 85.0 cm³/mol. The molecule has 1 fully saturated rings. The average molecular weight is 305 g/mol. The number of aromatic nitrogens is 1. The van der Waals surface area contributed by atoms with Gasteiger partial charge >= 0.3 is 0 Å². The van der Waals surface area contributed by atoms with Crippen molar-refractivity contribution in [2.24, 2.45) is 5.92 Å². The number of benzene rings is 1. The Labute approximate surface area is 127 Å². The van der Waals surface area contributed by atoms with E-state index in [-0.39, 0.29) is 11.8 Å². The quantitative estimate of drug-likeness (QED) is 0.911. The molecule has 0 bridgehead atoms. The molecule has 0 atom stereocenters. The van der Waals surface area contributed by atoms with Gasteiger partial charge in [0.05, 0.1) is 16.8 Å². The fraction of sp³-hybridized carbons (Fsp3) is 0.467. The maximum atomic E-state index is 12.2. The van der Waals surface area contributed by atoms with Crippen LogP contribution in [0.2, 0.25) is 0 Å². The summed E-state index contributed by atoms with van der Waals surface area (Å²) in [7, 11) is 0. The molecule has 2 heterocycles. The molecule has 3 rings (SSSR count). The second-order valence-electron chi connectivity index (χ2n) is 5.10. The topological polar surface area (TPSA) is 63.2 Å². The van der Waals surface area contributed by atoms with E-state index < -0.39 is 0 Å². The summed E-state index contributed by atoms with van der Waals surface area (Å²) in [5.41, 5.74) is 0.893. The lowest BCUT2D eigenvalue weighted by molar-refractivity contribution is -0.120. The second-order valence-corrected chi connectivity index (χ2v) is 6.13. The van der Waals surface area contributed by atoms with E-state index in [1.807, 2.05) is 25.1 Å². The number of fused-ring (bicyclic) bond motifs is 1. The number of anilines is 1. The average Bonchev–Trinajstić information content (AvgIpc) is 2.90. The second kappa shape index (κ2) is 6.41. The van der Waals surface area contributed by atoms with Crippen LogP contribution in [0, 0.1) is 5.92 Å². The third kappa shape index (κ3) is 3.33. The van der Waals surface area contributed by atoms with E-state index in [1.54, 1.807) is 0 Å². The molecule has 112 valence electrons. The van der Waals surface area contributed by atoms with E-state index in [9.17, 15) is 4.79 Å². The molecule has 2 N–H and O–H groups in total. The Hall–Kier alpha value is -1.66. The summed E-state index contributed by atoms with van der Waals surface area (Å²) < 4.78 is 6.51. The van der Waals surface area contributed by atoms with E-state index in [1.165, 1.54) is 11.3 Å². The summed E-state index contributed by atoms with van der Waals surface area (Å²) in [6, 6.07) is 5.80. The zero-order valence-electron chi connectivity index (χ0n) is 12.0. The molecule has 0 aliphatic carbocycles. The van der Waals surface area contributed by atoms with Gasteiger partial charge in [0.15, 0.2) is 5.13 Å². The molecule has 1 aromatic carbocycles. The molecule has 1 aromatic heterocycles. The van der Waals surface area contributed by atoms with Gasteiger partial charge in [-0.25, -0.2) is 4.98 Å². The number of nitrogens with zero attached hydrogens (tertiary/aromatic N) is 1. The summed E-state index contributed by atoms with van der Waals surface area (Å²) in [4.78, 5) is 16.7. The van der Waals surface area contributed by atoms with Gasteiger partial charge in [-0.05, 0) is 51.1 Å². The minimum atomic E-state index is 0.0839. The van der Waals surface area contributed by atoms with Crippen LogP contribution in [0.5, 0.6) is 5.75 Å². The lowest BCUT2D eigenvalue weighted by Crippen LogP contribution is -2.34. The third-order valence-corrected chi connectivity index (χ3v) is 4.54. The highest BCUT2D eigenvalue weighted by molar-refractivity contribution is 7.22. The molecule has 2 aromatic rings. The molecule has 0 spiro atoms. The highest BCUT2D eigenvalue weighted by Crippen LogP contribution is 2.29. The van der Waals surface area contributed by atoms with Crippen molar-refractivity contribution in [3.8, 4) is 5.75 Å². The maximum Gasteiger partial charge on any atom is 0.229 e. The predicted octanol–water partition coefficient (Wildman–Crippen LogP) is 2.63. The summed E-state index contributed by atoms with van der Waals surface area (Å²) in [5, 5.41) is 6.89. The fourth-order valence-corrected chi connectivity index (χ4v) is 3.40. The summed E-state index contributed by atoms with van der Waals surface area (Å²) >= 11 is 1.49. The van der Waals surface area contributed by atoms with Crippen LogP contribution in [-0.2, 0) is 4.79 Å². The zero-order valence-corrected chi connectivity index (χ0v) is 12.8. The number of piperidine rings is 1. The van der Waals surface area contributed by atoms with Crippen LogP contribution in [-0.4, -0.2) is 30.6 Å². The molecule has 21 heavy (non-hydrogen) atoms. The number of thiazole rings is 1. The molecule has 1 saturated heterocycles. The standard InChI is InChI=1S/C15H19N3O2S/c1-2-20-11-3-4-12-13(9-11)21-15(17-12)18-14(19)10-5-7-16-8-6-10/h3-4,9-10,16H,2,5-8H2,1H3,(H,17,18,19). The van der Waals surface area contributed by atoms with Gasteiger partial charge in [-0.15, -0.1) is 0 Å². The van der Waals surface area contributed by atoms with E-state index in [2.05, 4.69) is 15.6 Å². The molecule has 0 unspecified atom stereocenters. The van der Waals surface area contributed by atoms with Crippen molar-refractivity contribution < 1.29 is 9.53 Å². The van der Waals surface area contributed by atoms with Crippen molar-refractivity contribution in [2.45, 2.75) is 19.8 Å². The van der Waals surface area contributed by atoms with Crippen molar-refractivity contribution in [3.05, 3.63) is 18.2 Å². The van der Waals surface area contributed by atoms with Crippen LogP contribution in [0.4, 0.5) is 5.13 Å². The fourth-order valence-electron chi connectivity index (χ4n) is 2.51. The van der Waals surface area contributed by atoms with E-state index in [0.29, 0.717) is 11.7 Å². The van der Waals surface area contributed by atoms with E-state index in [4.69, 9.17) is 4.74 Å². The highest BCUT2D eigenvalue weighted by atomic mass is 32.1. The first-order valence-electron chi connectivity index (χ1n) is 7.31. The number of ether oxygens (including phenoxy) is 1. The molecule has 6 heteroatoms. The first-order chi connectivity index (χ1) is 10.3. The number of nitrogens with one attached hydrogen (secondary N) is 2. The van der Waals surface area contributed by atoms with Crippen LogP contribution in [0.15, 0.2) is 18.2 Å². The SMILES string of the molecule is CCOc1ccc2nc(NC(=O)C3CCNCC3)sc2c1. The molecule has 0 saturated carbocycles. The molecule has 1 aliphatic heterocycles. The van der Waals surface area contributed by atoms with Crippen molar-refractivity contribution in [3.63, 3.8) is 0 Å². The largest absolute Gasteiger partial charge is 0.494 e. The third-order valence-electron chi connectivity index (χ3n) is 3.61. The van der Waals surface area contributed by atoms with Crippen LogP contribution >= 0.6 is 11.3 Å². The van der Waals surface area contributed by atoms with Gasteiger partial charge in [0.2, 0.25) is 5.91 Å². The molecule has 1 amide bonds. The summed E-state index contributed by atoms with van der Waals surface area (Å²) in [5.74, 6) is 1.02. The van der Waals surface area contributed by atoms with Gasteiger partial charge in [-0.2, -0.15) is 0 Å². The Balaban J connectivity index is 1.73. The van der Waals surface area contributed by atoms with E-state index in [0.717, 1.165) is 41.9 Å². The summed E-state index contributed by atoms with van der Waals surface area (Å²) in [6.07, 6.45) is 1.79. The maximum absolute atomic E-state index is 12.2. The van der Waals surface area contributed by atoms with Crippen LogP contribution in [0.3, 0.4) is 0 Å². The van der Waals surface area contributed by atoms with Crippen LogP contribution in [0.1, 0.15) is 19.8 Å². The van der Waals surface area contributed by atoms with Crippen LogP contribution in [0.25, 0.3) is 10.2 Å². The Bertz CT molecular complexity index is 635. The number of hydrogen-bond donors (Lipinski definition) is 2. The Kier molecular flexibility index (Phi) is 4.36. The molecule has 1 aliphatic rings. The van der Waals surface area contributed by atoms with E-state index >= 15 is 0 Å². The summed E-state index contributed by atoms with van der Waals surface area (Å²) in [6.45, 7) is 4.43. The van der Waals surface area contributed by atoms with Crippen LogP contribution < -0.4 is 15.4 Å².